The molecule has 0 saturated carbocycles. The Labute approximate surface area is 120 Å². The third kappa shape index (κ3) is 2.41. The molecule has 0 N–H and O–H groups in total. The van der Waals surface area contributed by atoms with Crippen LogP contribution in [0, 0.1) is 17.1 Å². The van der Waals surface area contributed by atoms with Crippen LogP contribution in [0.15, 0.2) is 48.7 Å². The Morgan fingerprint density at radius 1 is 1.24 bits per heavy atom. The van der Waals surface area contributed by atoms with Gasteiger partial charge in [0.05, 0.1) is 11.6 Å². The summed E-state index contributed by atoms with van der Waals surface area (Å²) < 4.78 is 15.4. The van der Waals surface area contributed by atoms with Gasteiger partial charge in [0.1, 0.15) is 5.82 Å². The number of hydrogen-bond acceptors (Lipinski definition) is 2. The van der Waals surface area contributed by atoms with Gasteiger partial charge in [0, 0.05) is 29.2 Å². The molecule has 2 aromatic carbocycles. The summed E-state index contributed by atoms with van der Waals surface area (Å²) in [5.74, 6) is -0.422. The Morgan fingerprint density at radius 2 is 2.10 bits per heavy atom. The first-order valence-electron chi connectivity index (χ1n) is 6.44. The molecule has 0 bridgehead atoms. The normalized spacial score (nSPS) is 10.5. The second-order valence-electron chi connectivity index (χ2n) is 4.80. The van der Waals surface area contributed by atoms with Crippen LogP contribution in [-0.4, -0.2) is 10.9 Å². The van der Waals surface area contributed by atoms with Gasteiger partial charge in [0.25, 0.3) is 0 Å². The molecular weight excluding hydrogens is 267 g/mol. The minimum atomic E-state index is -0.422. The second-order valence-corrected chi connectivity index (χ2v) is 4.80. The van der Waals surface area contributed by atoms with Crippen LogP contribution >= 0.6 is 0 Å². The van der Waals surface area contributed by atoms with Crippen LogP contribution in [0.4, 0.5) is 4.39 Å². The number of fused-ring (bicyclic) bond motifs is 1. The van der Waals surface area contributed by atoms with E-state index in [1.165, 1.54) is 12.1 Å². The summed E-state index contributed by atoms with van der Waals surface area (Å²) in [5, 5.41) is 9.76. The van der Waals surface area contributed by atoms with Crippen LogP contribution in [0.2, 0.25) is 0 Å². The molecule has 0 aliphatic rings. The van der Waals surface area contributed by atoms with E-state index in [1.807, 2.05) is 35.0 Å². The lowest BCUT2D eigenvalue weighted by molar-refractivity contribution is 0.112. The Kier molecular flexibility index (Phi) is 3.25. The second kappa shape index (κ2) is 5.22. The maximum atomic E-state index is 13.5. The highest BCUT2D eigenvalue weighted by Crippen LogP contribution is 2.21. The fraction of sp³-hybridized carbons (Fsp3) is 0.0588. The Morgan fingerprint density at radius 3 is 2.86 bits per heavy atom. The third-order valence-electron chi connectivity index (χ3n) is 3.41. The highest BCUT2D eigenvalue weighted by atomic mass is 19.1. The highest BCUT2D eigenvalue weighted by Gasteiger charge is 2.07. The zero-order valence-corrected chi connectivity index (χ0v) is 11.1. The number of halogens is 1. The molecule has 0 fully saturated rings. The number of carbonyl (C=O) groups is 1. The van der Waals surface area contributed by atoms with Gasteiger partial charge in [-0.1, -0.05) is 12.1 Å². The number of benzene rings is 2. The molecule has 21 heavy (non-hydrogen) atoms. The molecule has 0 aliphatic heterocycles. The molecule has 0 saturated heterocycles. The molecular formula is C17H11FN2O. The van der Waals surface area contributed by atoms with Crippen molar-refractivity contribution in [3.8, 4) is 6.07 Å². The number of aromatic nitrogens is 1. The van der Waals surface area contributed by atoms with Gasteiger partial charge in [-0.2, -0.15) is 5.26 Å². The van der Waals surface area contributed by atoms with E-state index in [0.717, 1.165) is 17.2 Å². The van der Waals surface area contributed by atoms with E-state index in [4.69, 9.17) is 5.26 Å². The predicted octanol–water partition coefficient (Wildman–Crippen LogP) is 3.51. The molecule has 0 unspecified atom stereocenters. The summed E-state index contributed by atoms with van der Waals surface area (Å²) in [4.78, 5) is 11.0. The summed E-state index contributed by atoms with van der Waals surface area (Å²) in [7, 11) is 0. The molecule has 0 spiro atoms. The summed E-state index contributed by atoms with van der Waals surface area (Å²) >= 11 is 0. The van der Waals surface area contributed by atoms with Gasteiger partial charge in [0.2, 0.25) is 0 Å². The van der Waals surface area contributed by atoms with Gasteiger partial charge in [-0.15, -0.1) is 0 Å². The van der Waals surface area contributed by atoms with Crippen LogP contribution < -0.4 is 0 Å². The summed E-state index contributed by atoms with van der Waals surface area (Å²) in [6.07, 6.45) is 2.68. The Bertz CT molecular complexity index is 874. The first-order chi connectivity index (χ1) is 10.2. The average molecular weight is 278 g/mol. The van der Waals surface area contributed by atoms with Crippen molar-refractivity contribution in [3.05, 3.63) is 71.2 Å². The predicted molar refractivity (Wildman–Crippen MR) is 77.5 cm³/mol. The first kappa shape index (κ1) is 13.1. The van der Waals surface area contributed by atoms with Crippen molar-refractivity contribution in [3.63, 3.8) is 0 Å². The molecule has 102 valence electrons. The lowest BCUT2D eigenvalue weighted by Gasteiger charge is -2.07. The molecule has 1 heterocycles. The van der Waals surface area contributed by atoms with Gasteiger partial charge < -0.3 is 4.57 Å². The monoisotopic (exact) mass is 278 g/mol. The molecule has 4 heteroatoms. The molecule has 3 rings (SSSR count). The van der Waals surface area contributed by atoms with Gasteiger partial charge in [-0.05, 0) is 35.9 Å². The zero-order chi connectivity index (χ0) is 14.8. The van der Waals surface area contributed by atoms with E-state index in [0.29, 0.717) is 23.2 Å². The molecule has 3 aromatic rings. The first-order valence-corrected chi connectivity index (χ1v) is 6.44. The van der Waals surface area contributed by atoms with Crippen molar-refractivity contribution >= 4 is 17.2 Å². The maximum Gasteiger partial charge on any atom is 0.150 e. The smallest absolute Gasteiger partial charge is 0.150 e. The lowest BCUT2D eigenvalue weighted by Crippen LogP contribution is -1.99. The van der Waals surface area contributed by atoms with Crippen LogP contribution in [0.3, 0.4) is 0 Å². The van der Waals surface area contributed by atoms with Crippen molar-refractivity contribution in [1.82, 2.24) is 4.57 Å². The topological polar surface area (TPSA) is 45.8 Å². The van der Waals surface area contributed by atoms with Gasteiger partial charge in [-0.25, -0.2) is 4.39 Å². The standard InChI is InChI=1S/C17H11FN2O/c18-15-7-12(9-19)6-13(8-15)10-20-5-4-16-14(11-21)2-1-3-17(16)20/h1-8,11H,10H2. The lowest BCUT2D eigenvalue weighted by atomic mass is 10.1. The van der Waals surface area contributed by atoms with Gasteiger partial charge >= 0.3 is 0 Å². The van der Waals surface area contributed by atoms with Gasteiger partial charge in [-0.3, -0.25) is 4.79 Å². The molecule has 0 radical (unpaired) electrons. The van der Waals surface area contributed by atoms with Crippen molar-refractivity contribution in [2.75, 3.05) is 0 Å². The number of nitrogens with zero attached hydrogens (tertiary/aromatic N) is 2. The minimum Gasteiger partial charge on any atom is -0.343 e. The Balaban J connectivity index is 2.05. The third-order valence-corrected chi connectivity index (χ3v) is 3.41. The van der Waals surface area contributed by atoms with Crippen LogP contribution in [0.25, 0.3) is 10.9 Å². The van der Waals surface area contributed by atoms with E-state index >= 15 is 0 Å². The number of rotatable bonds is 3. The summed E-state index contributed by atoms with van der Waals surface area (Å²) in [6.45, 7) is 0.443. The van der Waals surface area contributed by atoms with E-state index in [2.05, 4.69) is 0 Å². The minimum absolute atomic E-state index is 0.301. The molecule has 0 aliphatic carbocycles. The van der Waals surface area contributed by atoms with Crippen molar-refractivity contribution in [2.24, 2.45) is 0 Å². The van der Waals surface area contributed by atoms with Crippen LogP contribution in [-0.2, 0) is 6.54 Å². The number of aldehydes is 1. The fourth-order valence-electron chi connectivity index (χ4n) is 2.49. The average Bonchev–Trinajstić information content (AvgIpc) is 2.89. The molecule has 3 nitrogen and oxygen atoms in total. The molecule has 0 amide bonds. The maximum absolute atomic E-state index is 13.5. The van der Waals surface area contributed by atoms with E-state index in [9.17, 15) is 9.18 Å². The number of nitriles is 1. The quantitative estimate of drug-likeness (QED) is 0.688. The van der Waals surface area contributed by atoms with E-state index in [-0.39, 0.29) is 0 Å². The van der Waals surface area contributed by atoms with Crippen LogP contribution in [0.5, 0.6) is 0 Å². The summed E-state index contributed by atoms with van der Waals surface area (Å²) in [6, 6.07) is 13.6. The summed E-state index contributed by atoms with van der Waals surface area (Å²) in [5.41, 5.74) is 2.54. The number of hydrogen-bond donors (Lipinski definition) is 0. The molecule has 1 aromatic heterocycles. The highest BCUT2D eigenvalue weighted by molar-refractivity contribution is 5.97. The van der Waals surface area contributed by atoms with Gasteiger partial charge in [0.15, 0.2) is 6.29 Å². The SMILES string of the molecule is N#Cc1cc(F)cc(Cn2ccc3c(C=O)cccc32)c1. The molecule has 0 atom stereocenters. The zero-order valence-electron chi connectivity index (χ0n) is 11.1. The van der Waals surface area contributed by atoms with Crippen molar-refractivity contribution in [2.45, 2.75) is 6.54 Å². The van der Waals surface area contributed by atoms with E-state index in [1.54, 1.807) is 12.1 Å². The fourth-order valence-corrected chi connectivity index (χ4v) is 2.49. The Hall–Kier alpha value is -2.93. The van der Waals surface area contributed by atoms with Crippen molar-refractivity contribution < 1.29 is 9.18 Å². The van der Waals surface area contributed by atoms with Crippen LogP contribution in [0.1, 0.15) is 21.5 Å². The number of carbonyl (C=O) groups excluding carboxylic acids is 1. The van der Waals surface area contributed by atoms with Crippen molar-refractivity contribution in [1.29, 1.82) is 5.26 Å². The largest absolute Gasteiger partial charge is 0.343 e. The van der Waals surface area contributed by atoms with E-state index < -0.39 is 5.82 Å².